The van der Waals surface area contributed by atoms with Crippen molar-refractivity contribution in [3.63, 3.8) is 0 Å². The van der Waals surface area contributed by atoms with Crippen molar-refractivity contribution in [3.05, 3.63) is 52.3 Å². The van der Waals surface area contributed by atoms with E-state index in [0.717, 1.165) is 48.2 Å². The van der Waals surface area contributed by atoms with Gasteiger partial charge < -0.3 is 5.32 Å². The predicted molar refractivity (Wildman–Crippen MR) is 130 cm³/mol. The first-order chi connectivity index (χ1) is 15.8. The van der Waals surface area contributed by atoms with Gasteiger partial charge in [0.25, 0.3) is 5.91 Å². The van der Waals surface area contributed by atoms with E-state index in [1.165, 1.54) is 0 Å². The Kier molecular flexibility index (Phi) is 5.51. The molecule has 1 saturated heterocycles. The summed E-state index contributed by atoms with van der Waals surface area (Å²) in [5.41, 5.74) is 5.90. The third-order valence-electron chi connectivity index (χ3n) is 6.89. The summed E-state index contributed by atoms with van der Waals surface area (Å²) in [5.74, 6) is 0.429. The molecule has 3 heterocycles. The fourth-order valence-electron chi connectivity index (χ4n) is 4.91. The van der Waals surface area contributed by atoms with Crippen LogP contribution in [0.4, 0.5) is 5.69 Å². The molecule has 1 aliphatic heterocycles. The van der Waals surface area contributed by atoms with Gasteiger partial charge >= 0.3 is 0 Å². The molecule has 1 N–H and O–H groups in total. The number of hydrogen-bond donors (Lipinski definition) is 1. The first-order valence-electron chi connectivity index (χ1n) is 11.8. The van der Waals surface area contributed by atoms with Gasteiger partial charge in [-0.15, -0.1) is 0 Å². The SMILES string of the molecule is CCc1cccc(CC)c1NC(=O)c1cc(C2CC2)nc2c1c(C)nn2[C@@H]1CCS(=O)(=O)C1. The van der Waals surface area contributed by atoms with Crippen LogP contribution < -0.4 is 5.32 Å². The summed E-state index contributed by atoms with van der Waals surface area (Å²) in [5, 5.41) is 8.60. The lowest BCUT2D eigenvalue weighted by Gasteiger charge is -2.16. The third kappa shape index (κ3) is 4.05. The number of anilines is 1. The van der Waals surface area contributed by atoms with E-state index in [9.17, 15) is 13.2 Å². The zero-order valence-corrected chi connectivity index (χ0v) is 20.2. The summed E-state index contributed by atoms with van der Waals surface area (Å²) >= 11 is 0. The minimum Gasteiger partial charge on any atom is -0.321 e. The van der Waals surface area contributed by atoms with E-state index < -0.39 is 9.84 Å². The molecule has 8 heteroatoms. The Balaban J connectivity index is 1.62. The van der Waals surface area contributed by atoms with Gasteiger partial charge in [0.15, 0.2) is 15.5 Å². The van der Waals surface area contributed by atoms with Crippen molar-refractivity contribution in [3.8, 4) is 0 Å². The van der Waals surface area contributed by atoms with Crippen molar-refractivity contribution in [1.29, 1.82) is 0 Å². The number of para-hydroxylation sites is 1. The molecular formula is C25H30N4O3S. The number of sulfone groups is 1. The predicted octanol–water partition coefficient (Wildman–Crippen LogP) is 4.35. The Morgan fingerprint density at radius 3 is 2.42 bits per heavy atom. The summed E-state index contributed by atoms with van der Waals surface area (Å²) in [6.45, 7) is 6.04. The van der Waals surface area contributed by atoms with Crippen molar-refractivity contribution in [1.82, 2.24) is 14.8 Å². The van der Waals surface area contributed by atoms with Crippen molar-refractivity contribution in [2.75, 3.05) is 16.8 Å². The van der Waals surface area contributed by atoms with Gasteiger partial charge in [-0.2, -0.15) is 5.10 Å². The highest BCUT2D eigenvalue weighted by atomic mass is 32.2. The number of carbonyl (C=O) groups excluding carboxylic acids is 1. The van der Waals surface area contributed by atoms with Gasteiger partial charge in [-0.3, -0.25) is 4.79 Å². The van der Waals surface area contributed by atoms with Crippen LogP contribution in [0, 0.1) is 6.92 Å². The van der Waals surface area contributed by atoms with Crippen LogP contribution in [-0.4, -0.2) is 40.6 Å². The second-order valence-corrected chi connectivity index (χ2v) is 11.5. The minimum atomic E-state index is -3.07. The molecule has 174 valence electrons. The first-order valence-corrected chi connectivity index (χ1v) is 13.7. The normalized spacial score (nSPS) is 19.8. The molecule has 0 unspecified atom stereocenters. The number of aryl methyl sites for hydroxylation is 3. The molecule has 2 aromatic heterocycles. The largest absolute Gasteiger partial charge is 0.321 e. The molecule has 0 radical (unpaired) electrons. The molecule has 1 atom stereocenters. The van der Waals surface area contributed by atoms with Gasteiger partial charge in [0.05, 0.1) is 34.2 Å². The van der Waals surface area contributed by atoms with Gasteiger partial charge in [0, 0.05) is 17.3 Å². The molecule has 1 saturated carbocycles. The molecule has 0 spiro atoms. The van der Waals surface area contributed by atoms with Crippen molar-refractivity contribution in [2.45, 2.75) is 64.8 Å². The Bertz CT molecular complexity index is 1330. The van der Waals surface area contributed by atoms with Gasteiger partial charge in [-0.25, -0.2) is 18.1 Å². The highest BCUT2D eigenvalue weighted by molar-refractivity contribution is 7.91. The minimum absolute atomic E-state index is 0.0732. The van der Waals surface area contributed by atoms with E-state index in [-0.39, 0.29) is 23.5 Å². The second-order valence-electron chi connectivity index (χ2n) is 9.27. The number of amides is 1. The monoisotopic (exact) mass is 466 g/mol. The van der Waals surface area contributed by atoms with Crippen LogP contribution in [0.25, 0.3) is 11.0 Å². The summed E-state index contributed by atoms with van der Waals surface area (Å²) in [7, 11) is -3.07. The van der Waals surface area contributed by atoms with E-state index in [4.69, 9.17) is 4.98 Å². The molecule has 5 rings (SSSR count). The number of nitrogens with one attached hydrogen (secondary N) is 1. The number of benzene rings is 1. The summed E-state index contributed by atoms with van der Waals surface area (Å²) in [6, 6.07) is 7.82. The third-order valence-corrected chi connectivity index (χ3v) is 8.64. The van der Waals surface area contributed by atoms with E-state index in [1.54, 1.807) is 4.68 Å². The zero-order chi connectivity index (χ0) is 23.3. The summed E-state index contributed by atoms with van der Waals surface area (Å²) in [6.07, 6.45) is 4.30. The van der Waals surface area contributed by atoms with Crippen LogP contribution in [0.1, 0.15) is 77.9 Å². The topological polar surface area (TPSA) is 93.9 Å². The van der Waals surface area contributed by atoms with Gasteiger partial charge in [-0.05, 0) is 56.2 Å². The van der Waals surface area contributed by atoms with Gasteiger partial charge in [0.1, 0.15) is 0 Å². The first kappa shape index (κ1) is 22.1. The quantitative estimate of drug-likeness (QED) is 0.583. The molecule has 1 aromatic carbocycles. The van der Waals surface area contributed by atoms with Gasteiger partial charge in [0.2, 0.25) is 0 Å². The van der Waals surface area contributed by atoms with Crippen LogP contribution in [0.2, 0.25) is 0 Å². The second kappa shape index (κ2) is 8.24. The molecule has 1 amide bonds. The van der Waals surface area contributed by atoms with E-state index in [0.29, 0.717) is 34.6 Å². The van der Waals surface area contributed by atoms with Crippen LogP contribution in [0.5, 0.6) is 0 Å². The smallest absolute Gasteiger partial charge is 0.256 e. The molecule has 33 heavy (non-hydrogen) atoms. The summed E-state index contributed by atoms with van der Waals surface area (Å²) in [4.78, 5) is 18.6. The number of hydrogen-bond acceptors (Lipinski definition) is 5. The van der Waals surface area contributed by atoms with Crippen molar-refractivity contribution in [2.24, 2.45) is 0 Å². The fourth-order valence-corrected chi connectivity index (χ4v) is 6.60. The number of nitrogens with zero attached hydrogens (tertiary/aromatic N) is 3. The Labute approximate surface area is 194 Å². The highest BCUT2D eigenvalue weighted by Crippen LogP contribution is 2.41. The average Bonchev–Trinajstić information content (AvgIpc) is 3.51. The standard InChI is InChI=1S/C25H30N4O3S/c1-4-16-7-6-8-17(5-2)23(16)27-25(30)20-13-21(18-9-10-18)26-24-22(20)15(3)28-29(24)19-11-12-33(31,32)14-19/h6-8,13,18-19H,4-5,9-12,14H2,1-3H3,(H,27,30)/t19-/m1/s1. The number of carbonyl (C=O) groups is 1. The lowest BCUT2D eigenvalue weighted by atomic mass is 10.0. The number of fused-ring (bicyclic) bond motifs is 1. The molecule has 2 aliphatic rings. The molecule has 2 fully saturated rings. The number of aromatic nitrogens is 3. The Morgan fingerprint density at radius 1 is 1.15 bits per heavy atom. The van der Waals surface area contributed by atoms with Gasteiger partial charge in [-0.1, -0.05) is 32.0 Å². The maximum absolute atomic E-state index is 13.7. The van der Waals surface area contributed by atoms with Crippen LogP contribution in [0.3, 0.4) is 0 Å². The number of pyridine rings is 1. The van der Waals surface area contributed by atoms with Crippen LogP contribution in [-0.2, 0) is 22.7 Å². The van der Waals surface area contributed by atoms with Crippen molar-refractivity contribution < 1.29 is 13.2 Å². The lowest BCUT2D eigenvalue weighted by Crippen LogP contribution is -2.17. The summed E-state index contributed by atoms with van der Waals surface area (Å²) < 4.78 is 26.0. The lowest BCUT2D eigenvalue weighted by molar-refractivity contribution is 0.102. The molecule has 7 nitrogen and oxygen atoms in total. The fraction of sp³-hybridized carbons (Fsp3) is 0.480. The molecular weight excluding hydrogens is 436 g/mol. The van der Waals surface area contributed by atoms with Crippen LogP contribution >= 0.6 is 0 Å². The Morgan fingerprint density at radius 2 is 1.85 bits per heavy atom. The molecule has 0 bridgehead atoms. The molecule has 1 aliphatic carbocycles. The van der Waals surface area contributed by atoms with E-state index >= 15 is 0 Å². The zero-order valence-electron chi connectivity index (χ0n) is 19.4. The molecule has 3 aromatic rings. The van der Waals surface area contributed by atoms with E-state index in [2.05, 4.69) is 36.4 Å². The Hall–Kier alpha value is -2.74. The van der Waals surface area contributed by atoms with Crippen LogP contribution in [0.15, 0.2) is 24.3 Å². The average molecular weight is 467 g/mol. The number of rotatable bonds is 6. The maximum Gasteiger partial charge on any atom is 0.256 e. The van der Waals surface area contributed by atoms with Crippen molar-refractivity contribution >= 4 is 32.5 Å². The maximum atomic E-state index is 13.7. The van der Waals surface area contributed by atoms with E-state index in [1.807, 2.05) is 19.1 Å². The highest BCUT2D eigenvalue weighted by Gasteiger charge is 2.34.